The highest BCUT2D eigenvalue weighted by Crippen LogP contribution is 2.31. The molecule has 2 rings (SSSR count). The Morgan fingerprint density at radius 2 is 2.28 bits per heavy atom. The van der Waals surface area contributed by atoms with Crippen LogP contribution in [0, 0.1) is 17.2 Å². The molecule has 0 aliphatic heterocycles. The van der Waals surface area contributed by atoms with Gasteiger partial charge in [0.2, 0.25) is 0 Å². The zero-order valence-corrected chi connectivity index (χ0v) is 10.8. The quantitative estimate of drug-likeness (QED) is 0.862. The average Bonchev–Trinajstić information content (AvgIpc) is 2.79. The Bertz CT molecular complexity index is 477. The molecular weight excluding hydrogens is 228 g/mol. The van der Waals surface area contributed by atoms with Gasteiger partial charge in [0.05, 0.1) is 17.8 Å². The summed E-state index contributed by atoms with van der Waals surface area (Å²) in [5.74, 6) is 0.431. The van der Waals surface area contributed by atoms with Gasteiger partial charge in [0.25, 0.3) is 5.91 Å². The van der Waals surface area contributed by atoms with Crippen LogP contribution in [0.2, 0.25) is 0 Å². The minimum atomic E-state index is -0.695. The monoisotopic (exact) mass is 246 g/mol. The number of rotatable bonds is 2. The summed E-state index contributed by atoms with van der Waals surface area (Å²) in [6.07, 6.45) is 6.62. The van der Waals surface area contributed by atoms with Crippen molar-refractivity contribution in [3.05, 3.63) is 18.0 Å². The lowest BCUT2D eigenvalue weighted by molar-refractivity contribution is 0.0894. The van der Waals surface area contributed by atoms with Crippen LogP contribution in [-0.4, -0.2) is 21.2 Å². The maximum atomic E-state index is 12.1. The molecule has 5 heteroatoms. The Morgan fingerprint density at radius 1 is 1.61 bits per heavy atom. The molecule has 5 nitrogen and oxygen atoms in total. The highest BCUT2D eigenvalue weighted by Gasteiger charge is 2.36. The SMILES string of the molecule is CC1CCC(C#N)(NC(=O)c2cnn(C)c2)CC1. The third-order valence-electron chi connectivity index (χ3n) is 3.66. The van der Waals surface area contributed by atoms with Crippen LogP contribution in [0.5, 0.6) is 0 Å². The third kappa shape index (κ3) is 2.53. The van der Waals surface area contributed by atoms with Crippen molar-refractivity contribution in [2.45, 2.75) is 38.1 Å². The van der Waals surface area contributed by atoms with E-state index in [0.29, 0.717) is 11.5 Å². The van der Waals surface area contributed by atoms with Gasteiger partial charge in [-0.1, -0.05) is 6.92 Å². The van der Waals surface area contributed by atoms with Crippen molar-refractivity contribution in [2.24, 2.45) is 13.0 Å². The maximum absolute atomic E-state index is 12.1. The number of aryl methyl sites for hydroxylation is 1. The van der Waals surface area contributed by atoms with Crippen molar-refractivity contribution < 1.29 is 4.79 Å². The molecule has 1 aliphatic rings. The molecule has 1 aromatic heterocycles. The molecule has 0 saturated heterocycles. The number of aromatic nitrogens is 2. The van der Waals surface area contributed by atoms with E-state index >= 15 is 0 Å². The van der Waals surface area contributed by atoms with Crippen LogP contribution >= 0.6 is 0 Å². The van der Waals surface area contributed by atoms with Crippen LogP contribution < -0.4 is 5.32 Å². The molecule has 1 fully saturated rings. The summed E-state index contributed by atoms with van der Waals surface area (Å²) in [6.45, 7) is 2.18. The first-order valence-corrected chi connectivity index (χ1v) is 6.27. The van der Waals surface area contributed by atoms with Gasteiger partial charge in [-0.3, -0.25) is 9.48 Å². The van der Waals surface area contributed by atoms with Gasteiger partial charge in [-0.25, -0.2) is 0 Å². The minimum Gasteiger partial charge on any atom is -0.334 e. The van der Waals surface area contributed by atoms with Crippen LogP contribution in [-0.2, 0) is 7.05 Å². The summed E-state index contributed by atoms with van der Waals surface area (Å²) in [5.41, 5.74) is -0.190. The summed E-state index contributed by atoms with van der Waals surface area (Å²) < 4.78 is 1.58. The highest BCUT2D eigenvalue weighted by molar-refractivity contribution is 5.94. The van der Waals surface area contributed by atoms with E-state index in [1.807, 2.05) is 0 Å². The molecule has 1 amide bonds. The Kier molecular flexibility index (Phi) is 3.37. The van der Waals surface area contributed by atoms with Gasteiger partial charge in [0.1, 0.15) is 5.54 Å². The fraction of sp³-hybridized carbons (Fsp3) is 0.615. The van der Waals surface area contributed by atoms with E-state index < -0.39 is 5.54 Å². The predicted molar refractivity (Wildman–Crippen MR) is 66.7 cm³/mol. The molecule has 96 valence electrons. The number of hydrogen-bond acceptors (Lipinski definition) is 3. The van der Waals surface area contributed by atoms with E-state index in [4.69, 9.17) is 0 Å². The molecule has 0 bridgehead atoms. The van der Waals surface area contributed by atoms with Crippen LogP contribution in [0.1, 0.15) is 43.0 Å². The topological polar surface area (TPSA) is 70.7 Å². The summed E-state index contributed by atoms with van der Waals surface area (Å²) in [6, 6.07) is 2.29. The largest absolute Gasteiger partial charge is 0.334 e. The number of amides is 1. The van der Waals surface area contributed by atoms with E-state index in [1.165, 1.54) is 6.20 Å². The Morgan fingerprint density at radius 3 is 2.78 bits per heavy atom. The summed E-state index contributed by atoms with van der Waals surface area (Å²) in [4.78, 5) is 12.1. The summed E-state index contributed by atoms with van der Waals surface area (Å²) >= 11 is 0. The van der Waals surface area contributed by atoms with Crippen LogP contribution in [0.25, 0.3) is 0 Å². The molecule has 1 aromatic rings. The number of carbonyl (C=O) groups is 1. The smallest absolute Gasteiger partial charge is 0.255 e. The number of nitrogens with zero attached hydrogens (tertiary/aromatic N) is 3. The predicted octanol–water partition coefficient (Wildman–Crippen LogP) is 1.62. The van der Waals surface area contributed by atoms with Crippen molar-refractivity contribution in [3.63, 3.8) is 0 Å². The van der Waals surface area contributed by atoms with E-state index in [0.717, 1.165) is 25.7 Å². The van der Waals surface area contributed by atoms with E-state index in [-0.39, 0.29) is 5.91 Å². The Labute approximate surface area is 107 Å². The third-order valence-corrected chi connectivity index (χ3v) is 3.66. The normalized spacial score (nSPS) is 27.5. The van der Waals surface area contributed by atoms with Crippen molar-refractivity contribution in [3.8, 4) is 6.07 Å². The molecule has 0 unspecified atom stereocenters. The standard InChI is InChI=1S/C13H18N4O/c1-10-3-5-13(9-14,6-4-10)16-12(18)11-7-15-17(2)8-11/h7-8,10H,3-6H2,1-2H3,(H,16,18). The van der Waals surface area contributed by atoms with Gasteiger partial charge in [0.15, 0.2) is 0 Å². The number of nitrogens with one attached hydrogen (secondary N) is 1. The van der Waals surface area contributed by atoms with E-state index in [9.17, 15) is 10.1 Å². The second-order valence-corrected chi connectivity index (χ2v) is 5.23. The fourth-order valence-corrected chi connectivity index (χ4v) is 2.35. The zero-order valence-electron chi connectivity index (χ0n) is 10.8. The van der Waals surface area contributed by atoms with Crippen LogP contribution in [0.4, 0.5) is 0 Å². The maximum Gasteiger partial charge on any atom is 0.255 e. The van der Waals surface area contributed by atoms with Gasteiger partial charge in [-0.05, 0) is 31.6 Å². The molecule has 0 radical (unpaired) electrons. The lowest BCUT2D eigenvalue weighted by Gasteiger charge is -2.34. The first-order valence-electron chi connectivity index (χ1n) is 6.27. The second-order valence-electron chi connectivity index (χ2n) is 5.23. The molecule has 1 aliphatic carbocycles. The van der Waals surface area contributed by atoms with Gasteiger partial charge >= 0.3 is 0 Å². The van der Waals surface area contributed by atoms with Crippen molar-refractivity contribution in [2.75, 3.05) is 0 Å². The van der Waals surface area contributed by atoms with E-state index in [1.54, 1.807) is 17.9 Å². The van der Waals surface area contributed by atoms with Crippen molar-refractivity contribution in [1.82, 2.24) is 15.1 Å². The first kappa shape index (κ1) is 12.6. The highest BCUT2D eigenvalue weighted by atomic mass is 16.1. The Balaban J connectivity index is 2.07. The van der Waals surface area contributed by atoms with Gasteiger partial charge in [0, 0.05) is 13.2 Å². The van der Waals surface area contributed by atoms with E-state index in [2.05, 4.69) is 23.4 Å². The summed E-state index contributed by atoms with van der Waals surface area (Å²) in [5, 5.41) is 16.2. The van der Waals surface area contributed by atoms with Crippen molar-refractivity contribution >= 4 is 5.91 Å². The van der Waals surface area contributed by atoms with Crippen molar-refractivity contribution in [1.29, 1.82) is 5.26 Å². The molecule has 1 heterocycles. The van der Waals surface area contributed by atoms with Gasteiger partial charge in [-0.15, -0.1) is 0 Å². The molecular formula is C13H18N4O. The van der Waals surface area contributed by atoms with Gasteiger partial charge in [-0.2, -0.15) is 10.4 Å². The Hall–Kier alpha value is -1.83. The lowest BCUT2D eigenvalue weighted by Crippen LogP contribution is -2.49. The molecule has 0 spiro atoms. The average molecular weight is 246 g/mol. The van der Waals surface area contributed by atoms with Crippen LogP contribution in [0.3, 0.4) is 0 Å². The lowest BCUT2D eigenvalue weighted by atomic mass is 9.78. The molecule has 0 aromatic carbocycles. The second kappa shape index (κ2) is 4.81. The molecule has 1 saturated carbocycles. The molecule has 0 atom stereocenters. The first-order chi connectivity index (χ1) is 8.54. The van der Waals surface area contributed by atoms with Gasteiger partial charge < -0.3 is 5.32 Å². The van der Waals surface area contributed by atoms with Crippen LogP contribution in [0.15, 0.2) is 12.4 Å². The molecule has 1 N–H and O–H groups in total. The number of nitriles is 1. The molecule has 18 heavy (non-hydrogen) atoms. The summed E-state index contributed by atoms with van der Waals surface area (Å²) in [7, 11) is 1.76. The number of carbonyl (C=O) groups excluding carboxylic acids is 1. The minimum absolute atomic E-state index is 0.209. The zero-order chi connectivity index (χ0) is 13.2. The number of hydrogen-bond donors (Lipinski definition) is 1. The fourth-order valence-electron chi connectivity index (χ4n) is 2.35.